The average Bonchev–Trinajstić information content (AvgIpc) is 2.30. The summed E-state index contributed by atoms with van der Waals surface area (Å²) in [6.07, 6.45) is 8.76. The van der Waals surface area contributed by atoms with Crippen molar-refractivity contribution in [1.29, 1.82) is 0 Å². The van der Waals surface area contributed by atoms with E-state index in [9.17, 15) is 0 Å². The molecule has 0 unspecified atom stereocenters. The normalized spacial score (nSPS) is 17.9. The van der Waals surface area contributed by atoms with Crippen LogP contribution in [0.15, 0.2) is 24.8 Å². The fourth-order valence-electron chi connectivity index (χ4n) is 1.88. The van der Waals surface area contributed by atoms with Gasteiger partial charge in [0.2, 0.25) is 0 Å². The molecule has 80 valence electrons. The summed E-state index contributed by atoms with van der Waals surface area (Å²) in [4.78, 5) is 10.6. The van der Waals surface area contributed by atoms with Crippen LogP contribution in [-0.2, 0) is 0 Å². The smallest absolute Gasteiger partial charge is 0.115 e. The van der Waals surface area contributed by atoms with E-state index in [1.807, 2.05) is 12.4 Å². The summed E-state index contributed by atoms with van der Waals surface area (Å²) in [6.45, 7) is 6.66. The third-order valence-corrected chi connectivity index (χ3v) is 2.90. The van der Waals surface area contributed by atoms with Gasteiger partial charge in [0.25, 0.3) is 0 Å². The molecule has 0 amide bonds. The molecule has 15 heavy (non-hydrogen) atoms. The summed E-state index contributed by atoms with van der Waals surface area (Å²) in [5, 5.41) is 0. The third kappa shape index (κ3) is 2.42. The molecule has 3 nitrogen and oxygen atoms in total. The largest absolute Gasteiger partial charge is 0.297 e. The van der Waals surface area contributed by atoms with Crippen molar-refractivity contribution in [2.45, 2.75) is 26.3 Å². The van der Waals surface area contributed by atoms with E-state index in [0.717, 1.165) is 19.5 Å². The van der Waals surface area contributed by atoms with Crippen LogP contribution in [0.1, 0.15) is 25.8 Å². The lowest BCUT2D eigenvalue weighted by molar-refractivity contribution is 0.245. The standard InChI is InChI=1S/C12H17N3/c1-10(2)15-5-3-11(4-6-15)12-7-13-9-14-8-12/h3,7-10H,4-6H2,1-2H3. The van der Waals surface area contributed by atoms with Crippen molar-refractivity contribution in [2.75, 3.05) is 13.1 Å². The van der Waals surface area contributed by atoms with Crippen LogP contribution in [0.2, 0.25) is 0 Å². The molecule has 0 aromatic carbocycles. The van der Waals surface area contributed by atoms with Gasteiger partial charge in [0, 0.05) is 37.1 Å². The molecule has 0 spiro atoms. The maximum Gasteiger partial charge on any atom is 0.115 e. The summed E-state index contributed by atoms with van der Waals surface area (Å²) in [5.41, 5.74) is 2.55. The Labute approximate surface area is 90.9 Å². The van der Waals surface area contributed by atoms with Crippen molar-refractivity contribution in [3.63, 3.8) is 0 Å². The van der Waals surface area contributed by atoms with Gasteiger partial charge in [-0.25, -0.2) is 9.97 Å². The molecule has 0 saturated carbocycles. The lowest BCUT2D eigenvalue weighted by atomic mass is 10.0. The van der Waals surface area contributed by atoms with E-state index in [4.69, 9.17) is 0 Å². The van der Waals surface area contributed by atoms with E-state index in [2.05, 4.69) is 34.8 Å². The number of aromatic nitrogens is 2. The number of nitrogens with zero attached hydrogens (tertiary/aromatic N) is 3. The Bertz CT molecular complexity index is 343. The molecule has 0 fully saturated rings. The van der Waals surface area contributed by atoms with Gasteiger partial charge in [-0.15, -0.1) is 0 Å². The molecule has 0 atom stereocenters. The minimum absolute atomic E-state index is 0.634. The van der Waals surface area contributed by atoms with E-state index >= 15 is 0 Å². The van der Waals surface area contributed by atoms with Crippen molar-refractivity contribution < 1.29 is 0 Å². The van der Waals surface area contributed by atoms with Gasteiger partial charge in [0.05, 0.1) is 0 Å². The predicted molar refractivity (Wildman–Crippen MR) is 61.3 cm³/mol. The van der Waals surface area contributed by atoms with Crippen LogP contribution in [0.5, 0.6) is 0 Å². The first-order valence-corrected chi connectivity index (χ1v) is 5.46. The average molecular weight is 203 g/mol. The van der Waals surface area contributed by atoms with Crippen LogP contribution in [0.25, 0.3) is 5.57 Å². The second-order valence-electron chi connectivity index (χ2n) is 4.20. The van der Waals surface area contributed by atoms with Crippen LogP contribution < -0.4 is 0 Å². The molecule has 1 aliphatic heterocycles. The van der Waals surface area contributed by atoms with E-state index in [-0.39, 0.29) is 0 Å². The summed E-state index contributed by atoms with van der Waals surface area (Å²) in [6, 6.07) is 0.634. The maximum atomic E-state index is 4.05. The zero-order chi connectivity index (χ0) is 10.7. The molecule has 1 aliphatic rings. The van der Waals surface area contributed by atoms with E-state index < -0.39 is 0 Å². The number of rotatable bonds is 2. The summed E-state index contributed by atoms with van der Waals surface area (Å²) in [7, 11) is 0. The molecule has 0 saturated heterocycles. The zero-order valence-corrected chi connectivity index (χ0v) is 9.35. The lowest BCUT2D eigenvalue weighted by Crippen LogP contribution is -2.34. The van der Waals surface area contributed by atoms with Gasteiger partial charge in [0.15, 0.2) is 0 Å². The molecule has 0 N–H and O–H groups in total. The lowest BCUT2D eigenvalue weighted by Gasteiger charge is -2.29. The van der Waals surface area contributed by atoms with Gasteiger partial charge in [-0.2, -0.15) is 0 Å². The summed E-state index contributed by atoms with van der Waals surface area (Å²) in [5.74, 6) is 0. The fourth-order valence-corrected chi connectivity index (χ4v) is 1.88. The van der Waals surface area contributed by atoms with E-state index in [0.29, 0.717) is 6.04 Å². The predicted octanol–water partition coefficient (Wildman–Crippen LogP) is 1.97. The van der Waals surface area contributed by atoms with Crippen LogP contribution >= 0.6 is 0 Å². The van der Waals surface area contributed by atoms with Gasteiger partial charge in [-0.05, 0) is 25.8 Å². The molecule has 1 aromatic rings. The van der Waals surface area contributed by atoms with Crippen LogP contribution in [0.4, 0.5) is 0 Å². The highest BCUT2D eigenvalue weighted by Gasteiger charge is 2.14. The van der Waals surface area contributed by atoms with Crippen molar-refractivity contribution in [3.8, 4) is 0 Å². The number of hydrogen-bond donors (Lipinski definition) is 0. The minimum Gasteiger partial charge on any atom is -0.297 e. The van der Waals surface area contributed by atoms with E-state index in [1.54, 1.807) is 6.33 Å². The SMILES string of the molecule is CC(C)N1CC=C(c2cncnc2)CC1. The van der Waals surface area contributed by atoms with Gasteiger partial charge in [-0.3, -0.25) is 4.90 Å². The molecule has 1 aromatic heterocycles. The van der Waals surface area contributed by atoms with Crippen molar-refractivity contribution in [1.82, 2.24) is 14.9 Å². The van der Waals surface area contributed by atoms with Crippen LogP contribution in [-0.4, -0.2) is 34.0 Å². The number of hydrogen-bond acceptors (Lipinski definition) is 3. The topological polar surface area (TPSA) is 29.0 Å². The Balaban J connectivity index is 2.09. The van der Waals surface area contributed by atoms with Gasteiger partial charge in [0.1, 0.15) is 6.33 Å². The molecular formula is C12H17N3. The first kappa shape index (κ1) is 10.3. The Morgan fingerprint density at radius 3 is 2.53 bits per heavy atom. The van der Waals surface area contributed by atoms with E-state index in [1.165, 1.54) is 11.1 Å². The van der Waals surface area contributed by atoms with Crippen LogP contribution in [0.3, 0.4) is 0 Å². The Morgan fingerprint density at radius 2 is 2.00 bits per heavy atom. The molecular weight excluding hydrogens is 186 g/mol. The molecule has 2 heterocycles. The van der Waals surface area contributed by atoms with Gasteiger partial charge in [-0.1, -0.05) is 6.08 Å². The fraction of sp³-hybridized carbons (Fsp3) is 0.500. The Kier molecular flexibility index (Phi) is 3.11. The Hall–Kier alpha value is -1.22. The maximum absolute atomic E-state index is 4.05. The highest BCUT2D eigenvalue weighted by Crippen LogP contribution is 2.21. The second-order valence-corrected chi connectivity index (χ2v) is 4.20. The van der Waals surface area contributed by atoms with Gasteiger partial charge >= 0.3 is 0 Å². The summed E-state index contributed by atoms with van der Waals surface area (Å²) < 4.78 is 0. The highest BCUT2D eigenvalue weighted by atomic mass is 15.1. The van der Waals surface area contributed by atoms with Crippen molar-refractivity contribution in [2.24, 2.45) is 0 Å². The zero-order valence-electron chi connectivity index (χ0n) is 9.35. The molecule has 0 aliphatic carbocycles. The Morgan fingerprint density at radius 1 is 1.27 bits per heavy atom. The molecule has 0 radical (unpaired) electrons. The molecule has 3 heteroatoms. The first-order chi connectivity index (χ1) is 7.27. The van der Waals surface area contributed by atoms with Crippen molar-refractivity contribution >= 4 is 5.57 Å². The summed E-state index contributed by atoms with van der Waals surface area (Å²) >= 11 is 0. The second kappa shape index (κ2) is 4.53. The van der Waals surface area contributed by atoms with Gasteiger partial charge < -0.3 is 0 Å². The molecule has 2 rings (SSSR count). The third-order valence-electron chi connectivity index (χ3n) is 2.90. The van der Waals surface area contributed by atoms with Crippen LogP contribution in [0, 0.1) is 0 Å². The molecule has 0 bridgehead atoms. The highest BCUT2D eigenvalue weighted by molar-refractivity contribution is 5.65. The van der Waals surface area contributed by atoms with Crippen molar-refractivity contribution in [3.05, 3.63) is 30.4 Å². The minimum atomic E-state index is 0.634. The first-order valence-electron chi connectivity index (χ1n) is 5.46. The monoisotopic (exact) mass is 203 g/mol. The quantitative estimate of drug-likeness (QED) is 0.736.